The molecule has 0 aromatic heterocycles. The van der Waals surface area contributed by atoms with Crippen LogP contribution < -0.4 is 9.80 Å². The fourth-order valence-electron chi connectivity index (χ4n) is 11.1. The van der Waals surface area contributed by atoms with E-state index in [9.17, 15) is 0 Å². The van der Waals surface area contributed by atoms with Crippen LogP contribution in [0.1, 0.15) is 112 Å². The molecule has 0 spiro atoms. The van der Waals surface area contributed by atoms with Gasteiger partial charge in [0.1, 0.15) is 0 Å². The summed E-state index contributed by atoms with van der Waals surface area (Å²) in [5, 5.41) is 0. The van der Waals surface area contributed by atoms with Gasteiger partial charge >= 0.3 is 0 Å². The highest BCUT2D eigenvalue weighted by atomic mass is 15.1. The lowest BCUT2D eigenvalue weighted by Gasteiger charge is -2.39. The highest BCUT2D eigenvalue weighted by Crippen LogP contribution is 2.55. The predicted octanol–water partition coefficient (Wildman–Crippen LogP) is 16.2. The van der Waals surface area contributed by atoms with Crippen LogP contribution in [0.15, 0.2) is 176 Å². The third-order valence-corrected chi connectivity index (χ3v) is 14.1. The van der Waals surface area contributed by atoms with Gasteiger partial charge in [-0.3, -0.25) is 0 Å². The van der Waals surface area contributed by atoms with Crippen molar-refractivity contribution in [3.63, 3.8) is 0 Å². The lowest BCUT2D eigenvalue weighted by Crippen LogP contribution is -2.30. The molecule has 2 saturated carbocycles. The quantitative estimate of drug-likeness (QED) is 0.144. The third-order valence-electron chi connectivity index (χ3n) is 14.1. The summed E-state index contributed by atoms with van der Waals surface area (Å²) in [6, 6.07) is 66.3. The second kappa shape index (κ2) is 15.7. The maximum atomic E-state index is 2.55. The predicted molar refractivity (Wildman–Crippen MR) is 250 cm³/mol. The zero-order valence-corrected chi connectivity index (χ0v) is 34.8. The van der Waals surface area contributed by atoms with Gasteiger partial charge in [-0.25, -0.2) is 0 Å². The zero-order chi connectivity index (χ0) is 39.8. The van der Waals surface area contributed by atoms with Crippen molar-refractivity contribution in [1.82, 2.24) is 0 Å². The molecule has 3 aliphatic carbocycles. The first-order valence-electron chi connectivity index (χ1n) is 22.3. The van der Waals surface area contributed by atoms with Gasteiger partial charge in [-0.15, -0.1) is 0 Å². The molecule has 0 unspecified atom stereocenters. The highest BCUT2D eigenvalue weighted by molar-refractivity contribution is 5.90. The van der Waals surface area contributed by atoms with E-state index in [4.69, 9.17) is 0 Å². The van der Waals surface area contributed by atoms with Crippen molar-refractivity contribution < 1.29 is 0 Å². The normalized spacial score (nSPS) is 16.8. The molecule has 0 amide bonds. The van der Waals surface area contributed by atoms with Crippen molar-refractivity contribution in [2.24, 2.45) is 0 Å². The lowest BCUT2D eigenvalue weighted by atomic mass is 9.65. The molecule has 0 N–H and O–H groups in total. The standard InChI is InChI=1S/C57H56N2/c1-56(2)53-26-14-13-24-51(53)52-25-17-27-54(55(52)56)59(49-34-28-43(29-35-49)42-18-7-3-8-19-42)50-38-32-45(33-39-50)57(40-15-6-16-41-57)44-30-36-48(37-31-44)58(46-20-9-4-10-21-46)47-22-11-5-12-23-47/h4-5,9-14,17,20-39,42H,3,6-8,15-16,18-19,40-41H2,1-2H3. The van der Waals surface area contributed by atoms with Gasteiger partial charge in [0, 0.05) is 39.3 Å². The fraction of sp³-hybridized carbons (Fsp3) is 0.263. The van der Waals surface area contributed by atoms with Gasteiger partial charge in [0.05, 0.1) is 5.69 Å². The summed E-state index contributed by atoms with van der Waals surface area (Å²) in [5.74, 6) is 0.681. The van der Waals surface area contributed by atoms with E-state index in [2.05, 4.69) is 200 Å². The average Bonchev–Trinajstić information content (AvgIpc) is 3.55. The number of benzene rings is 7. The molecule has 294 valence electrons. The van der Waals surface area contributed by atoms with Crippen molar-refractivity contribution >= 4 is 34.1 Å². The first-order chi connectivity index (χ1) is 29.0. The first kappa shape index (κ1) is 37.4. The second-order valence-corrected chi connectivity index (χ2v) is 17.9. The molecule has 7 aromatic carbocycles. The topological polar surface area (TPSA) is 6.48 Å². The van der Waals surface area contributed by atoms with Crippen LogP contribution >= 0.6 is 0 Å². The van der Waals surface area contributed by atoms with Crippen LogP contribution in [-0.2, 0) is 10.8 Å². The van der Waals surface area contributed by atoms with Crippen LogP contribution in [0.3, 0.4) is 0 Å². The summed E-state index contributed by atoms with van der Waals surface area (Å²) in [4.78, 5) is 4.91. The van der Waals surface area contributed by atoms with Gasteiger partial charge in [0.15, 0.2) is 0 Å². The van der Waals surface area contributed by atoms with Crippen molar-refractivity contribution in [1.29, 1.82) is 0 Å². The Bertz CT molecular complexity index is 2470. The third kappa shape index (κ3) is 6.77. The minimum Gasteiger partial charge on any atom is -0.311 e. The van der Waals surface area contributed by atoms with Crippen LogP contribution in [-0.4, -0.2) is 0 Å². The van der Waals surface area contributed by atoms with Gasteiger partial charge < -0.3 is 9.80 Å². The van der Waals surface area contributed by atoms with Crippen LogP contribution in [0.25, 0.3) is 11.1 Å². The molecule has 7 aromatic rings. The van der Waals surface area contributed by atoms with Crippen LogP contribution in [0.5, 0.6) is 0 Å². The summed E-state index contributed by atoms with van der Waals surface area (Å²) in [5.41, 5.74) is 16.9. The number of para-hydroxylation sites is 2. The molecule has 10 rings (SSSR count). The molecule has 3 aliphatic rings. The summed E-state index contributed by atoms with van der Waals surface area (Å²) < 4.78 is 0. The second-order valence-electron chi connectivity index (χ2n) is 17.9. The van der Waals surface area contributed by atoms with Gasteiger partial charge in [-0.2, -0.15) is 0 Å². The van der Waals surface area contributed by atoms with Crippen molar-refractivity contribution in [3.8, 4) is 11.1 Å². The Kier molecular flexibility index (Phi) is 9.97. The van der Waals surface area contributed by atoms with E-state index in [1.165, 1.54) is 124 Å². The fourth-order valence-corrected chi connectivity index (χ4v) is 11.1. The first-order valence-corrected chi connectivity index (χ1v) is 22.3. The van der Waals surface area contributed by atoms with Gasteiger partial charge in [0.25, 0.3) is 0 Å². The average molecular weight is 769 g/mol. The summed E-state index contributed by atoms with van der Waals surface area (Å²) in [7, 11) is 0. The molecule has 0 saturated heterocycles. The smallest absolute Gasteiger partial charge is 0.0508 e. The minimum atomic E-state index is -0.127. The number of fused-ring (bicyclic) bond motifs is 3. The summed E-state index contributed by atoms with van der Waals surface area (Å²) in [6.07, 6.45) is 12.8. The Morgan fingerprint density at radius 1 is 0.407 bits per heavy atom. The molecule has 0 atom stereocenters. The van der Waals surface area contributed by atoms with E-state index < -0.39 is 0 Å². The molecule has 0 radical (unpaired) electrons. The van der Waals surface area contributed by atoms with Crippen molar-refractivity contribution in [3.05, 3.63) is 204 Å². The molecule has 2 nitrogen and oxygen atoms in total. The number of anilines is 6. The highest BCUT2D eigenvalue weighted by Gasteiger charge is 2.39. The van der Waals surface area contributed by atoms with Gasteiger partial charge in [0.2, 0.25) is 0 Å². The number of hydrogen-bond donors (Lipinski definition) is 0. The van der Waals surface area contributed by atoms with E-state index in [0.29, 0.717) is 5.92 Å². The van der Waals surface area contributed by atoms with Crippen LogP contribution in [0.4, 0.5) is 34.1 Å². The zero-order valence-electron chi connectivity index (χ0n) is 34.8. The Morgan fingerprint density at radius 3 is 1.47 bits per heavy atom. The molecule has 0 aliphatic heterocycles. The Morgan fingerprint density at radius 2 is 0.881 bits per heavy atom. The van der Waals surface area contributed by atoms with Crippen molar-refractivity contribution in [2.75, 3.05) is 9.80 Å². The van der Waals surface area contributed by atoms with Gasteiger partial charge in [-0.1, -0.05) is 162 Å². The molecule has 2 fully saturated rings. The van der Waals surface area contributed by atoms with E-state index >= 15 is 0 Å². The number of nitrogens with zero attached hydrogens (tertiary/aromatic N) is 2. The van der Waals surface area contributed by atoms with E-state index in [0.717, 1.165) is 12.8 Å². The largest absolute Gasteiger partial charge is 0.311 e. The SMILES string of the molecule is CC1(C)c2ccccc2-c2cccc(N(c3ccc(C4CCCCC4)cc3)c3ccc(C4(c5ccc(N(c6ccccc6)c6ccccc6)cc5)CCCCC4)cc3)c21. The van der Waals surface area contributed by atoms with Crippen molar-refractivity contribution in [2.45, 2.75) is 94.8 Å². The van der Waals surface area contributed by atoms with E-state index in [-0.39, 0.29) is 10.8 Å². The molecular formula is C57H56N2. The number of rotatable bonds is 9. The molecule has 0 bridgehead atoms. The number of hydrogen-bond acceptors (Lipinski definition) is 2. The Hall–Kier alpha value is -5.86. The van der Waals surface area contributed by atoms with Crippen LogP contribution in [0.2, 0.25) is 0 Å². The van der Waals surface area contributed by atoms with Crippen LogP contribution in [0, 0.1) is 0 Å². The van der Waals surface area contributed by atoms with E-state index in [1.54, 1.807) is 0 Å². The Labute approximate surface area is 352 Å². The molecule has 0 heterocycles. The maximum Gasteiger partial charge on any atom is 0.0508 e. The summed E-state index contributed by atoms with van der Waals surface area (Å²) in [6.45, 7) is 4.82. The molecule has 2 heteroatoms. The van der Waals surface area contributed by atoms with Gasteiger partial charge in [-0.05, 0) is 137 Å². The minimum absolute atomic E-state index is 0.0241. The molecular weight excluding hydrogens is 713 g/mol. The lowest BCUT2D eigenvalue weighted by molar-refractivity contribution is 0.346. The monoisotopic (exact) mass is 768 g/mol. The van der Waals surface area contributed by atoms with E-state index in [1.807, 2.05) is 0 Å². The maximum absolute atomic E-state index is 2.55. The summed E-state index contributed by atoms with van der Waals surface area (Å²) >= 11 is 0. The molecule has 59 heavy (non-hydrogen) atoms. The Balaban J connectivity index is 1.04.